The second-order valence-corrected chi connectivity index (χ2v) is 10.8. The van der Waals surface area contributed by atoms with Crippen LogP contribution < -0.4 is 15.7 Å². The van der Waals surface area contributed by atoms with E-state index in [1.54, 1.807) is 0 Å². The van der Waals surface area contributed by atoms with Gasteiger partial charge >= 0.3 is 5.63 Å². The van der Waals surface area contributed by atoms with Crippen LogP contribution in [0.1, 0.15) is 29.5 Å². The van der Waals surface area contributed by atoms with Crippen molar-refractivity contribution in [2.75, 3.05) is 32.8 Å². The Bertz CT molecular complexity index is 1240. The van der Waals surface area contributed by atoms with Crippen LogP contribution in [0.25, 0.3) is 11.0 Å². The fourth-order valence-electron chi connectivity index (χ4n) is 4.67. The molecule has 1 aromatic heterocycles. The monoisotopic (exact) mass is 465 g/mol. The van der Waals surface area contributed by atoms with Gasteiger partial charge in [-0.2, -0.15) is 0 Å². The first-order valence-electron chi connectivity index (χ1n) is 11.6. The van der Waals surface area contributed by atoms with Crippen molar-refractivity contribution < 1.29 is 9.15 Å². The van der Waals surface area contributed by atoms with E-state index in [9.17, 15) is 4.79 Å². The lowest BCUT2D eigenvalue weighted by Crippen LogP contribution is -2.50. The molecule has 33 heavy (non-hydrogen) atoms. The Kier molecular flexibility index (Phi) is 6.53. The number of piperazine rings is 1. The van der Waals surface area contributed by atoms with E-state index in [2.05, 4.69) is 34.5 Å². The van der Waals surface area contributed by atoms with Crippen molar-refractivity contribution in [1.29, 1.82) is 0 Å². The number of rotatable bonds is 7. The van der Waals surface area contributed by atoms with Crippen LogP contribution in [0.3, 0.4) is 0 Å². The molecule has 5 rings (SSSR count). The summed E-state index contributed by atoms with van der Waals surface area (Å²) in [6.45, 7) is 8.74. The van der Waals surface area contributed by atoms with E-state index in [1.807, 2.05) is 32.2 Å². The van der Waals surface area contributed by atoms with Gasteiger partial charge in [0.2, 0.25) is 0 Å². The first-order chi connectivity index (χ1) is 16.1. The fourth-order valence-corrected chi connectivity index (χ4v) is 6.87. The number of thiol groups is 1. The molecule has 174 valence electrons. The Morgan fingerprint density at radius 3 is 3.00 bits per heavy atom. The van der Waals surface area contributed by atoms with Gasteiger partial charge in [0.05, 0.1) is 12.0 Å². The summed E-state index contributed by atoms with van der Waals surface area (Å²) in [5.41, 5.74) is 3.40. The van der Waals surface area contributed by atoms with Gasteiger partial charge in [-0.15, -0.1) is 11.1 Å². The minimum absolute atomic E-state index is 0.317. The third-order valence-electron chi connectivity index (χ3n) is 6.48. The second kappa shape index (κ2) is 9.71. The quantitative estimate of drug-likeness (QED) is 0.311. The third-order valence-corrected chi connectivity index (χ3v) is 8.68. The van der Waals surface area contributed by atoms with Crippen molar-refractivity contribution in [3.05, 3.63) is 69.6 Å². The molecular formula is C26H31N3O3S. The molecule has 2 atom stereocenters. The van der Waals surface area contributed by atoms with Crippen LogP contribution in [0.4, 0.5) is 0 Å². The Balaban J connectivity index is 1.11. The SMILES string of the molecule is Cc1cc(=O)oc2c(C)c(OCCCCN3CCNC([SH]4N=Cc5ccccc54)C3)ccc12. The van der Waals surface area contributed by atoms with Gasteiger partial charge in [0.1, 0.15) is 11.3 Å². The number of benzene rings is 2. The average Bonchev–Trinajstić information content (AvgIpc) is 3.25. The maximum atomic E-state index is 11.8. The highest BCUT2D eigenvalue weighted by molar-refractivity contribution is 8.16. The molecular weight excluding hydrogens is 434 g/mol. The van der Waals surface area contributed by atoms with Gasteiger partial charge in [-0.3, -0.25) is 4.90 Å². The maximum Gasteiger partial charge on any atom is 0.336 e. The Morgan fingerprint density at radius 2 is 2.09 bits per heavy atom. The smallest absolute Gasteiger partial charge is 0.336 e. The van der Waals surface area contributed by atoms with E-state index >= 15 is 0 Å². The highest BCUT2D eigenvalue weighted by Crippen LogP contribution is 2.47. The minimum atomic E-state index is -0.520. The highest BCUT2D eigenvalue weighted by atomic mass is 32.2. The lowest BCUT2D eigenvalue weighted by Gasteiger charge is -2.37. The normalized spacial score (nSPS) is 21.4. The molecule has 0 radical (unpaired) electrons. The van der Waals surface area contributed by atoms with Gasteiger partial charge in [0, 0.05) is 53.3 Å². The van der Waals surface area contributed by atoms with Crippen molar-refractivity contribution in [1.82, 2.24) is 10.2 Å². The van der Waals surface area contributed by atoms with Crippen LogP contribution in [0.2, 0.25) is 0 Å². The number of ether oxygens (including phenoxy) is 1. The molecule has 0 aliphatic carbocycles. The fraction of sp³-hybridized carbons (Fsp3) is 0.385. The van der Waals surface area contributed by atoms with E-state index in [0.29, 0.717) is 17.6 Å². The molecule has 1 N–H and O–H groups in total. The first kappa shape index (κ1) is 22.2. The number of nitrogens with zero attached hydrogens (tertiary/aromatic N) is 2. The second-order valence-electron chi connectivity index (χ2n) is 8.79. The van der Waals surface area contributed by atoms with Crippen molar-refractivity contribution in [3.63, 3.8) is 0 Å². The molecule has 1 saturated heterocycles. The standard InChI is InChI=1S/C26H31N3O3S/c1-18-15-25(30)32-26-19(2)22(10-9-21(18)26)31-14-6-5-12-29-13-11-27-24(17-29)33-23-8-4-3-7-20(23)16-28-33/h3-4,7-10,15-16,24,27,33H,5-6,11-14,17H2,1-2H3. The number of aryl methyl sites for hydroxylation is 2. The molecule has 2 aliphatic rings. The van der Waals surface area contributed by atoms with Crippen molar-refractivity contribution in [2.45, 2.75) is 37.0 Å². The number of fused-ring (bicyclic) bond motifs is 2. The minimum Gasteiger partial charge on any atom is -0.493 e. The average molecular weight is 466 g/mol. The summed E-state index contributed by atoms with van der Waals surface area (Å²) in [6.07, 6.45) is 4.12. The van der Waals surface area contributed by atoms with E-state index in [0.717, 1.165) is 61.3 Å². The predicted octanol–water partition coefficient (Wildman–Crippen LogP) is 4.21. The molecule has 2 unspecified atom stereocenters. The zero-order valence-electron chi connectivity index (χ0n) is 19.2. The van der Waals surface area contributed by atoms with Gasteiger partial charge in [-0.1, -0.05) is 18.2 Å². The summed E-state index contributed by atoms with van der Waals surface area (Å²) < 4.78 is 16.3. The van der Waals surface area contributed by atoms with Crippen LogP contribution in [-0.4, -0.2) is 49.3 Å². The van der Waals surface area contributed by atoms with Crippen molar-refractivity contribution >= 4 is 28.3 Å². The summed E-state index contributed by atoms with van der Waals surface area (Å²) in [4.78, 5) is 15.7. The van der Waals surface area contributed by atoms with Gasteiger partial charge in [-0.05, 0) is 57.0 Å². The predicted molar refractivity (Wildman–Crippen MR) is 136 cm³/mol. The molecule has 1 fully saturated rings. The highest BCUT2D eigenvalue weighted by Gasteiger charge is 2.28. The van der Waals surface area contributed by atoms with Crippen molar-refractivity contribution in [2.24, 2.45) is 4.40 Å². The Morgan fingerprint density at radius 1 is 1.21 bits per heavy atom. The molecule has 3 aromatic rings. The molecule has 7 heteroatoms. The van der Waals surface area contributed by atoms with Gasteiger partial charge in [0.15, 0.2) is 0 Å². The van der Waals surface area contributed by atoms with Gasteiger partial charge in [0.25, 0.3) is 0 Å². The topological polar surface area (TPSA) is 67.1 Å². The van der Waals surface area contributed by atoms with Gasteiger partial charge in [-0.25, -0.2) is 9.19 Å². The molecule has 0 spiro atoms. The maximum absolute atomic E-state index is 11.8. The largest absolute Gasteiger partial charge is 0.493 e. The van der Waals surface area contributed by atoms with Crippen LogP contribution >= 0.6 is 11.1 Å². The van der Waals surface area contributed by atoms with Gasteiger partial charge < -0.3 is 14.5 Å². The summed E-state index contributed by atoms with van der Waals surface area (Å²) in [7, 11) is 0. The number of hydrogen-bond donors (Lipinski definition) is 2. The summed E-state index contributed by atoms with van der Waals surface area (Å²) in [5, 5.41) is 5.08. The molecule has 2 aliphatic heterocycles. The lowest BCUT2D eigenvalue weighted by molar-refractivity contribution is 0.217. The lowest BCUT2D eigenvalue weighted by atomic mass is 10.1. The number of unbranched alkanes of at least 4 members (excludes halogenated alkanes) is 1. The Hall–Kier alpha value is -2.61. The summed E-state index contributed by atoms with van der Waals surface area (Å²) in [6, 6.07) is 14.1. The molecule has 0 saturated carbocycles. The molecule has 2 aromatic carbocycles. The van der Waals surface area contributed by atoms with Crippen molar-refractivity contribution in [3.8, 4) is 5.75 Å². The molecule has 3 heterocycles. The summed E-state index contributed by atoms with van der Waals surface area (Å²) >= 11 is -0.520. The van der Waals surface area contributed by atoms with Crippen LogP contribution in [0.15, 0.2) is 61.0 Å². The van der Waals surface area contributed by atoms with E-state index in [-0.39, 0.29) is 5.63 Å². The molecule has 0 bridgehead atoms. The number of nitrogens with one attached hydrogen (secondary N) is 1. The molecule has 6 nitrogen and oxygen atoms in total. The van der Waals surface area contributed by atoms with E-state index in [4.69, 9.17) is 13.6 Å². The molecule has 0 amide bonds. The third kappa shape index (κ3) is 4.71. The van der Waals surface area contributed by atoms with E-state index < -0.39 is 11.1 Å². The first-order valence-corrected chi connectivity index (χ1v) is 13.0. The van der Waals surface area contributed by atoms with E-state index in [1.165, 1.54) is 16.5 Å². The Labute approximate surface area is 197 Å². The van der Waals surface area contributed by atoms with Crippen LogP contribution in [-0.2, 0) is 0 Å². The zero-order chi connectivity index (χ0) is 22.8. The van der Waals surface area contributed by atoms with Crippen LogP contribution in [0, 0.1) is 13.8 Å². The number of hydrogen-bond acceptors (Lipinski definition) is 6. The van der Waals surface area contributed by atoms with Crippen LogP contribution in [0.5, 0.6) is 5.75 Å². The summed E-state index contributed by atoms with van der Waals surface area (Å²) in [5.74, 6) is 0.791. The zero-order valence-corrected chi connectivity index (χ0v) is 20.1.